The first-order chi connectivity index (χ1) is 7.70. The van der Waals surface area contributed by atoms with Crippen LogP contribution in [0.2, 0.25) is 0 Å². The van der Waals surface area contributed by atoms with E-state index in [2.05, 4.69) is 11.1 Å². The number of pyridine rings is 1. The highest BCUT2D eigenvalue weighted by molar-refractivity contribution is 5.79. The number of nitrogens with zero attached hydrogens (tertiary/aromatic N) is 3. The number of rotatable bonds is 2. The summed E-state index contributed by atoms with van der Waals surface area (Å²) in [6.45, 7) is 3.03. The summed E-state index contributed by atoms with van der Waals surface area (Å²) >= 11 is 0. The van der Waals surface area contributed by atoms with E-state index in [1.807, 2.05) is 19.1 Å². The first kappa shape index (κ1) is 10.6. The lowest BCUT2D eigenvalue weighted by Gasteiger charge is -2.16. The van der Waals surface area contributed by atoms with E-state index >= 15 is 0 Å². The fourth-order valence-electron chi connectivity index (χ4n) is 1.88. The minimum atomic E-state index is -0.156. The van der Waals surface area contributed by atoms with E-state index in [1.54, 1.807) is 11.1 Å². The molecule has 1 aliphatic heterocycles. The summed E-state index contributed by atoms with van der Waals surface area (Å²) in [5, 5.41) is 8.78. The quantitative estimate of drug-likeness (QED) is 0.746. The van der Waals surface area contributed by atoms with Crippen molar-refractivity contribution >= 4 is 5.91 Å². The average Bonchev–Trinajstić information content (AvgIpc) is 2.63. The van der Waals surface area contributed by atoms with E-state index in [0.717, 1.165) is 11.3 Å². The van der Waals surface area contributed by atoms with Gasteiger partial charge in [0, 0.05) is 19.2 Å². The summed E-state index contributed by atoms with van der Waals surface area (Å²) in [6, 6.07) is 6.00. The predicted octanol–water partition coefficient (Wildman–Crippen LogP) is 1.26. The van der Waals surface area contributed by atoms with Crippen molar-refractivity contribution in [2.45, 2.75) is 19.9 Å². The maximum absolute atomic E-state index is 11.6. The lowest BCUT2D eigenvalue weighted by Crippen LogP contribution is -2.25. The second-order valence-electron chi connectivity index (χ2n) is 4.07. The number of likely N-dealkylation sites (tertiary alicyclic amines) is 1. The first-order valence-corrected chi connectivity index (χ1v) is 5.28. The van der Waals surface area contributed by atoms with Gasteiger partial charge in [-0.15, -0.1) is 0 Å². The third-order valence-corrected chi connectivity index (χ3v) is 2.86. The van der Waals surface area contributed by atoms with Crippen LogP contribution in [0.15, 0.2) is 18.3 Å². The second kappa shape index (κ2) is 4.31. The van der Waals surface area contributed by atoms with Crippen LogP contribution in [0.5, 0.6) is 0 Å². The molecule has 0 aromatic carbocycles. The molecule has 0 spiro atoms. The van der Waals surface area contributed by atoms with Gasteiger partial charge in [0.25, 0.3) is 0 Å². The summed E-state index contributed by atoms with van der Waals surface area (Å²) in [6.07, 6.45) is 2.08. The van der Waals surface area contributed by atoms with Crippen molar-refractivity contribution in [1.82, 2.24) is 9.88 Å². The van der Waals surface area contributed by atoms with Crippen LogP contribution in [0.1, 0.15) is 17.7 Å². The van der Waals surface area contributed by atoms with Crippen LogP contribution >= 0.6 is 0 Å². The highest BCUT2D eigenvalue weighted by Gasteiger charge is 2.29. The van der Waals surface area contributed by atoms with Crippen molar-refractivity contribution in [3.8, 4) is 6.07 Å². The van der Waals surface area contributed by atoms with Crippen LogP contribution in [-0.4, -0.2) is 22.3 Å². The lowest BCUT2D eigenvalue weighted by atomic mass is 10.1. The molecule has 0 N–H and O–H groups in total. The molecule has 1 amide bonds. The smallest absolute Gasteiger partial charge is 0.224 e. The fraction of sp³-hybridized carbons (Fsp3) is 0.417. The van der Waals surface area contributed by atoms with Crippen LogP contribution < -0.4 is 0 Å². The van der Waals surface area contributed by atoms with E-state index in [0.29, 0.717) is 19.5 Å². The summed E-state index contributed by atoms with van der Waals surface area (Å²) in [5.41, 5.74) is 1.99. The molecule has 1 atom stereocenters. The molecule has 0 saturated carbocycles. The summed E-state index contributed by atoms with van der Waals surface area (Å²) in [5.74, 6) is -0.104. The number of aryl methyl sites for hydroxylation is 1. The van der Waals surface area contributed by atoms with Gasteiger partial charge in [-0.05, 0) is 18.6 Å². The van der Waals surface area contributed by atoms with Gasteiger partial charge in [0.05, 0.1) is 24.2 Å². The number of hydrogen-bond donors (Lipinski definition) is 0. The molecule has 1 saturated heterocycles. The first-order valence-electron chi connectivity index (χ1n) is 5.28. The number of amides is 1. The Bertz CT molecular complexity index is 450. The number of carbonyl (C=O) groups excluding carboxylic acids is 1. The van der Waals surface area contributed by atoms with E-state index in [9.17, 15) is 4.79 Å². The molecule has 1 aromatic heterocycles. The average molecular weight is 215 g/mol. The monoisotopic (exact) mass is 215 g/mol. The molecule has 4 nitrogen and oxygen atoms in total. The topological polar surface area (TPSA) is 57.0 Å². The molecular weight excluding hydrogens is 202 g/mol. The van der Waals surface area contributed by atoms with E-state index in [-0.39, 0.29) is 11.8 Å². The Kier molecular flexibility index (Phi) is 2.86. The number of aromatic nitrogens is 1. The lowest BCUT2D eigenvalue weighted by molar-refractivity contribution is -0.128. The zero-order valence-electron chi connectivity index (χ0n) is 9.18. The van der Waals surface area contributed by atoms with Gasteiger partial charge in [0.1, 0.15) is 0 Å². The van der Waals surface area contributed by atoms with Crippen molar-refractivity contribution in [3.05, 3.63) is 29.6 Å². The summed E-state index contributed by atoms with van der Waals surface area (Å²) in [7, 11) is 0. The predicted molar refractivity (Wildman–Crippen MR) is 58.1 cm³/mol. The molecule has 4 heteroatoms. The zero-order valence-corrected chi connectivity index (χ0v) is 9.18. The number of nitriles is 1. The molecule has 82 valence electrons. The van der Waals surface area contributed by atoms with Crippen molar-refractivity contribution in [2.24, 2.45) is 5.92 Å². The zero-order chi connectivity index (χ0) is 11.5. The molecule has 0 aliphatic carbocycles. The van der Waals surface area contributed by atoms with Gasteiger partial charge in [0.2, 0.25) is 5.91 Å². The molecule has 2 heterocycles. The van der Waals surface area contributed by atoms with E-state index in [4.69, 9.17) is 5.26 Å². The minimum absolute atomic E-state index is 0.0524. The minimum Gasteiger partial charge on any atom is -0.335 e. The highest BCUT2D eigenvalue weighted by atomic mass is 16.2. The Morgan fingerprint density at radius 3 is 3.12 bits per heavy atom. The molecule has 16 heavy (non-hydrogen) atoms. The SMILES string of the molecule is Cc1cccnc1CN1CC(C#N)CC1=O. The Balaban J connectivity index is 2.09. The van der Waals surface area contributed by atoms with Crippen LogP contribution in [0.25, 0.3) is 0 Å². The Morgan fingerprint density at radius 1 is 1.69 bits per heavy atom. The maximum Gasteiger partial charge on any atom is 0.224 e. The third kappa shape index (κ3) is 2.03. The molecule has 1 unspecified atom stereocenters. The largest absolute Gasteiger partial charge is 0.335 e. The maximum atomic E-state index is 11.6. The summed E-state index contributed by atoms with van der Waals surface area (Å²) < 4.78 is 0. The second-order valence-corrected chi connectivity index (χ2v) is 4.07. The van der Waals surface area contributed by atoms with E-state index < -0.39 is 0 Å². The van der Waals surface area contributed by atoms with Crippen LogP contribution in [0.3, 0.4) is 0 Å². The molecule has 2 rings (SSSR count). The van der Waals surface area contributed by atoms with Gasteiger partial charge < -0.3 is 4.90 Å². The van der Waals surface area contributed by atoms with Crippen LogP contribution in [0.4, 0.5) is 0 Å². The molecule has 1 aromatic rings. The van der Waals surface area contributed by atoms with Gasteiger partial charge in [-0.1, -0.05) is 6.07 Å². The van der Waals surface area contributed by atoms with E-state index in [1.165, 1.54) is 0 Å². The third-order valence-electron chi connectivity index (χ3n) is 2.86. The fourth-order valence-corrected chi connectivity index (χ4v) is 1.88. The van der Waals surface area contributed by atoms with Crippen molar-refractivity contribution < 1.29 is 4.79 Å². The van der Waals surface area contributed by atoms with Crippen molar-refractivity contribution in [3.63, 3.8) is 0 Å². The van der Waals surface area contributed by atoms with Crippen molar-refractivity contribution in [1.29, 1.82) is 5.26 Å². The van der Waals surface area contributed by atoms with Crippen molar-refractivity contribution in [2.75, 3.05) is 6.54 Å². The van der Waals surface area contributed by atoms with Gasteiger partial charge in [-0.25, -0.2) is 0 Å². The van der Waals surface area contributed by atoms with Gasteiger partial charge >= 0.3 is 0 Å². The van der Waals surface area contributed by atoms with Gasteiger partial charge in [-0.2, -0.15) is 5.26 Å². The van der Waals surface area contributed by atoms with Gasteiger partial charge in [0.15, 0.2) is 0 Å². The molecule has 1 fully saturated rings. The molecule has 0 bridgehead atoms. The Labute approximate surface area is 94.5 Å². The van der Waals surface area contributed by atoms with Crippen LogP contribution in [-0.2, 0) is 11.3 Å². The Hall–Kier alpha value is -1.89. The Morgan fingerprint density at radius 2 is 2.50 bits per heavy atom. The van der Waals surface area contributed by atoms with Gasteiger partial charge in [-0.3, -0.25) is 9.78 Å². The number of carbonyl (C=O) groups is 1. The molecule has 0 radical (unpaired) electrons. The highest BCUT2D eigenvalue weighted by Crippen LogP contribution is 2.19. The standard InChI is InChI=1S/C12H13N3O/c1-9-3-2-4-14-11(9)8-15-7-10(6-13)5-12(15)16/h2-4,10H,5,7-8H2,1H3. The summed E-state index contributed by atoms with van der Waals surface area (Å²) in [4.78, 5) is 17.6. The number of hydrogen-bond acceptors (Lipinski definition) is 3. The van der Waals surface area contributed by atoms with Crippen LogP contribution in [0, 0.1) is 24.2 Å². The normalized spacial score (nSPS) is 19.9. The molecule has 1 aliphatic rings. The molecular formula is C12H13N3O.